The largest absolute Gasteiger partial charge is 0.480 e. The van der Waals surface area contributed by atoms with Crippen LogP contribution in [-0.4, -0.2) is 60.7 Å². The van der Waals surface area contributed by atoms with Gasteiger partial charge in [-0.1, -0.05) is 24.0 Å². The normalized spacial score (nSPS) is 22.0. The van der Waals surface area contributed by atoms with Gasteiger partial charge in [-0.2, -0.15) is 0 Å². The summed E-state index contributed by atoms with van der Waals surface area (Å²) >= 11 is 6.52. The van der Waals surface area contributed by atoms with E-state index in [1.54, 1.807) is 6.08 Å². The Morgan fingerprint density at radius 1 is 1.41 bits per heavy atom. The molecule has 1 N–H and O–H groups in total. The summed E-state index contributed by atoms with van der Waals surface area (Å²) in [5, 5.41) is 9.31. The van der Waals surface area contributed by atoms with Crippen molar-refractivity contribution in [2.24, 2.45) is 7.05 Å². The molecule has 2 aliphatic rings. The second kappa shape index (κ2) is 8.26. The van der Waals surface area contributed by atoms with Crippen LogP contribution >= 0.6 is 24.0 Å². The number of aliphatic carboxylic acids is 1. The zero-order chi connectivity index (χ0) is 19.6. The van der Waals surface area contributed by atoms with Crippen LogP contribution in [0.3, 0.4) is 0 Å². The average molecular weight is 408 g/mol. The quantitative estimate of drug-likeness (QED) is 0.594. The number of rotatable bonds is 5. The third-order valence-electron chi connectivity index (χ3n) is 4.79. The summed E-state index contributed by atoms with van der Waals surface area (Å²) in [6.07, 6.45) is 5.82. The van der Waals surface area contributed by atoms with Crippen molar-refractivity contribution in [1.29, 1.82) is 0 Å². The number of hydrogen-bond acceptors (Lipinski definition) is 5. The van der Waals surface area contributed by atoms with Crippen molar-refractivity contribution in [3.05, 3.63) is 28.9 Å². The van der Waals surface area contributed by atoms with Crippen molar-refractivity contribution in [2.75, 3.05) is 13.1 Å². The molecule has 2 fully saturated rings. The Kier molecular flexibility index (Phi) is 6.01. The van der Waals surface area contributed by atoms with Gasteiger partial charge in [0.05, 0.1) is 4.91 Å². The maximum atomic E-state index is 12.6. The predicted octanol–water partition coefficient (Wildman–Crippen LogP) is 2.08. The van der Waals surface area contributed by atoms with E-state index in [2.05, 4.69) is 0 Å². The molecule has 1 unspecified atom stereocenters. The van der Waals surface area contributed by atoms with E-state index in [1.165, 1.54) is 21.6 Å². The van der Waals surface area contributed by atoms with E-state index in [1.807, 2.05) is 29.9 Å². The molecule has 0 bridgehead atoms. The molecule has 2 amide bonds. The monoisotopic (exact) mass is 407 g/mol. The molecule has 0 saturated carbocycles. The number of carboxylic acid groups (broad SMARTS) is 1. The van der Waals surface area contributed by atoms with Gasteiger partial charge in [0.15, 0.2) is 0 Å². The van der Waals surface area contributed by atoms with Crippen LogP contribution in [0.4, 0.5) is 0 Å². The number of piperidine rings is 1. The Morgan fingerprint density at radius 2 is 2.19 bits per heavy atom. The highest BCUT2D eigenvalue weighted by molar-refractivity contribution is 8.26. The summed E-state index contributed by atoms with van der Waals surface area (Å²) in [6, 6.07) is 3.02. The Balaban J connectivity index is 1.64. The lowest BCUT2D eigenvalue weighted by Crippen LogP contribution is -2.48. The molecule has 3 heterocycles. The Bertz CT molecular complexity index is 817. The third kappa shape index (κ3) is 4.24. The summed E-state index contributed by atoms with van der Waals surface area (Å²) in [7, 11) is 1.89. The summed E-state index contributed by atoms with van der Waals surface area (Å²) in [4.78, 5) is 39.9. The van der Waals surface area contributed by atoms with Gasteiger partial charge in [-0.3, -0.25) is 14.5 Å². The zero-order valence-corrected chi connectivity index (χ0v) is 16.6. The van der Waals surface area contributed by atoms with Crippen LogP contribution in [0.25, 0.3) is 6.08 Å². The Labute approximate surface area is 167 Å². The first-order valence-corrected chi connectivity index (χ1v) is 10.00. The van der Waals surface area contributed by atoms with E-state index < -0.39 is 12.0 Å². The Morgan fingerprint density at radius 3 is 2.85 bits per heavy atom. The van der Waals surface area contributed by atoms with E-state index in [-0.39, 0.29) is 24.8 Å². The molecule has 0 radical (unpaired) electrons. The zero-order valence-electron chi connectivity index (χ0n) is 15.0. The van der Waals surface area contributed by atoms with Crippen LogP contribution < -0.4 is 0 Å². The molecule has 9 heteroatoms. The van der Waals surface area contributed by atoms with E-state index in [4.69, 9.17) is 12.2 Å². The van der Waals surface area contributed by atoms with Gasteiger partial charge in [0.2, 0.25) is 5.91 Å². The van der Waals surface area contributed by atoms with Gasteiger partial charge in [-0.25, -0.2) is 4.79 Å². The van der Waals surface area contributed by atoms with Gasteiger partial charge in [0.1, 0.15) is 10.4 Å². The lowest BCUT2D eigenvalue weighted by atomic mass is 10.0. The second-order valence-electron chi connectivity index (χ2n) is 6.56. The average Bonchev–Trinajstić information content (AvgIpc) is 3.16. The molecular formula is C18H21N3O4S2. The molecule has 7 nitrogen and oxygen atoms in total. The number of likely N-dealkylation sites (tertiary alicyclic amines) is 1. The first-order valence-electron chi connectivity index (χ1n) is 8.77. The molecule has 0 aromatic carbocycles. The van der Waals surface area contributed by atoms with Crippen molar-refractivity contribution in [3.8, 4) is 0 Å². The van der Waals surface area contributed by atoms with Crippen LogP contribution in [-0.2, 0) is 21.4 Å². The van der Waals surface area contributed by atoms with Crippen LogP contribution in [0.5, 0.6) is 0 Å². The number of hydrogen-bond donors (Lipinski definition) is 1. The highest BCUT2D eigenvalue weighted by Gasteiger charge is 2.35. The van der Waals surface area contributed by atoms with Gasteiger partial charge < -0.3 is 14.6 Å². The van der Waals surface area contributed by atoms with Crippen LogP contribution in [0.1, 0.15) is 31.4 Å². The molecule has 1 aromatic rings. The molecule has 1 aromatic heterocycles. The van der Waals surface area contributed by atoms with E-state index >= 15 is 0 Å². The smallest absolute Gasteiger partial charge is 0.326 e. The Hall–Kier alpha value is -2.13. The number of thiocarbonyl (C=S) groups is 1. The first kappa shape index (κ1) is 19.6. The topological polar surface area (TPSA) is 82.8 Å². The fourth-order valence-corrected chi connectivity index (χ4v) is 4.58. The van der Waals surface area contributed by atoms with Crippen molar-refractivity contribution in [2.45, 2.75) is 31.7 Å². The molecule has 144 valence electrons. The highest BCUT2D eigenvalue weighted by atomic mass is 32.2. The predicted molar refractivity (Wildman–Crippen MR) is 107 cm³/mol. The molecule has 3 rings (SSSR count). The fourth-order valence-electron chi connectivity index (χ4n) is 3.29. The molecule has 27 heavy (non-hydrogen) atoms. The number of carboxylic acids is 1. The van der Waals surface area contributed by atoms with Gasteiger partial charge in [0.25, 0.3) is 5.91 Å². The minimum atomic E-state index is -0.973. The van der Waals surface area contributed by atoms with Crippen molar-refractivity contribution >= 4 is 52.2 Å². The van der Waals surface area contributed by atoms with Crippen LogP contribution in [0, 0.1) is 0 Å². The second-order valence-corrected chi connectivity index (χ2v) is 8.24. The van der Waals surface area contributed by atoms with Crippen LogP contribution in [0.2, 0.25) is 0 Å². The van der Waals surface area contributed by atoms with E-state index in [9.17, 15) is 19.5 Å². The van der Waals surface area contributed by atoms with Crippen molar-refractivity contribution < 1.29 is 19.5 Å². The standard InChI is InChI=1S/C18H21N3O4S2/c1-19-8-4-5-12(19)11-14-16(23)21(18(26)27-14)10-7-15(22)20-9-3-2-6-13(20)17(24)25/h4-5,8,11,13H,2-3,6-7,9-10H2,1H3,(H,24,25). The number of nitrogens with zero attached hydrogens (tertiary/aromatic N) is 3. The summed E-state index contributed by atoms with van der Waals surface area (Å²) in [6.45, 7) is 0.610. The molecule has 2 saturated heterocycles. The number of carbonyl (C=O) groups is 3. The minimum absolute atomic E-state index is 0.0631. The fraction of sp³-hybridized carbons (Fsp3) is 0.444. The molecule has 1 atom stereocenters. The van der Waals surface area contributed by atoms with Gasteiger partial charge in [-0.15, -0.1) is 0 Å². The molecule has 0 spiro atoms. The van der Waals surface area contributed by atoms with Crippen LogP contribution in [0.15, 0.2) is 23.2 Å². The third-order valence-corrected chi connectivity index (χ3v) is 6.17. The molecule has 0 aliphatic carbocycles. The van der Waals surface area contributed by atoms with Gasteiger partial charge in [-0.05, 0) is 37.5 Å². The lowest BCUT2D eigenvalue weighted by molar-refractivity contribution is -0.152. The number of aromatic nitrogens is 1. The number of aryl methyl sites for hydroxylation is 1. The summed E-state index contributed by atoms with van der Waals surface area (Å²) in [5.74, 6) is -1.44. The SMILES string of the molecule is Cn1cccc1C=C1SC(=S)N(CCC(=O)N2CCCCC2C(=O)O)C1=O. The van der Waals surface area contributed by atoms with Crippen molar-refractivity contribution in [3.63, 3.8) is 0 Å². The van der Waals surface area contributed by atoms with Crippen molar-refractivity contribution in [1.82, 2.24) is 14.4 Å². The summed E-state index contributed by atoms with van der Waals surface area (Å²) in [5.41, 5.74) is 0.893. The first-order chi connectivity index (χ1) is 12.9. The number of amides is 2. The highest BCUT2D eigenvalue weighted by Crippen LogP contribution is 2.32. The molecular weight excluding hydrogens is 386 g/mol. The van der Waals surface area contributed by atoms with Gasteiger partial charge >= 0.3 is 5.97 Å². The maximum Gasteiger partial charge on any atom is 0.326 e. The van der Waals surface area contributed by atoms with E-state index in [0.717, 1.165) is 18.5 Å². The minimum Gasteiger partial charge on any atom is -0.480 e. The maximum absolute atomic E-state index is 12.6. The van der Waals surface area contributed by atoms with E-state index in [0.29, 0.717) is 22.2 Å². The lowest BCUT2D eigenvalue weighted by Gasteiger charge is -2.33. The summed E-state index contributed by atoms with van der Waals surface area (Å²) < 4.78 is 2.32. The van der Waals surface area contributed by atoms with Gasteiger partial charge in [0, 0.05) is 38.4 Å². The number of thioether (sulfide) groups is 1. The number of carbonyl (C=O) groups excluding carboxylic acids is 2. The molecule has 2 aliphatic heterocycles.